The Hall–Kier alpha value is -1.32. The van der Waals surface area contributed by atoms with Gasteiger partial charge >= 0.3 is 0 Å². The maximum absolute atomic E-state index is 5.92. The number of aryl methyl sites for hydroxylation is 1. The van der Waals surface area contributed by atoms with E-state index in [4.69, 9.17) is 5.73 Å². The van der Waals surface area contributed by atoms with Gasteiger partial charge in [0.05, 0.1) is 5.69 Å². The average molecular weight is 333 g/mol. The molecular formula is C17H21BrN2. The van der Waals surface area contributed by atoms with E-state index in [2.05, 4.69) is 77.3 Å². The number of halogens is 1. The summed E-state index contributed by atoms with van der Waals surface area (Å²) in [5.41, 5.74) is 10.9. The van der Waals surface area contributed by atoms with E-state index in [9.17, 15) is 0 Å². The van der Waals surface area contributed by atoms with E-state index in [0.29, 0.717) is 0 Å². The fourth-order valence-corrected chi connectivity index (χ4v) is 2.94. The summed E-state index contributed by atoms with van der Waals surface area (Å²) < 4.78 is 1.09. The number of nitrogens with two attached hydrogens (primary N) is 1. The fourth-order valence-electron chi connectivity index (χ4n) is 2.24. The van der Waals surface area contributed by atoms with Gasteiger partial charge in [0, 0.05) is 24.1 Å². The number of anilines is 1. The van der Waals surface area contributed by atoms with E-state index < -0.39 is 0 Å². The first-order valence-corrected chi connectivity index (χ1v) is 7.59. The number of hydrogen-bond acceptors (Lipinski definition) is 2. The highest BCUT2D eigenvalue weighted by molar-refractivity contribution is 9.10. The summed E-state index contributed by atoms with van der Waals surface area (Å²) in [6, 6.07) is 14.9. The zero-order valence-corrected chi connectivity index (χ0v) is 13.8. The third-order valence-electron chi connectivity index (χ3n) is 3.58. The van der Waals surface area contributed by atoms with Gasteiger partial charge in [-0.3, -0.25) is 0 Å². The van der Waals surface area contributed by atoms with Crippen molar-refractivity contribution in [2.75, 3.05) is 11.9 Å². The monoisotopic (exact) mass is 332 g/mol. The van der Waals surface area contributed by atoms with Crippen LogP contribution in [0.4, 0.5) is 5.69 Å². The van der Waals surface area contributed by atoms with Gasteiger partial charge in [-0.05, 0) is 58.6 Å². The molecule has 106 valence electrons. The molecule has 0 saturated heterocycles. The van der Waals surface area contributed by atoms with E-state index in [1.54, 1.807) is 0 Å². The Morgan fingerprint density at radius 3 is 2.50 bits per heavy atom. The topological polar surface area (TPSA) is 29.3 Å². The highest BCUT2D eigenvalue weighted by Gasteiger charge is 2.09. The van der Waals surface area contributed by atoms with Crippen LogP contribution in [0.3, 0.4) is 0 Å². The minimum absolute atomic E-state index is 0.0574. The smallest absolute Gasteiger partial charge is 0.0511 e. The fraction of sp³-hybridized carbons (Fsp3) is 0.294. The molecule has 0 aliphatic carbocycles. The second-order valence-electron chi connectivity index (χ2n) is 5.28. The van der Waals surface area contributed by atoms with Crippen molar-refractivity contribution in [3.8, 4) is 0 Å². The van der Waals surface area contributed by atoms with Crippen molar-refractivity contribution in [3.05, 3.63) is 63.6 Å². The lowest BCUT2D eigenvalue weighted by atomic mass is 10.1. The molecule has 2 aromatic rings. The Morgan fingerprint density at radius 2 is 1.90 bits per heavy atom. The Balaban J connectivity index is 2.21. The summed E-state index contributed by atoms with van der Waals surface area (Å²) in [5.74, 6) is 0. The number of hydrogen-bond donors (Lipinski definition) is 1. The lowest BCUT2D eigenvalue weighted by molar-refractivity contribution is 0.815. The molecule has 0 saturated carbocycles. The molecule has 3 heteroatoms. The van der Waals surface area contributed by atoms with Gasteiger partial charge < -0.3 is 10.6 Å². The van der Waals surface area contributed by atoms with E-state index in [1.165, 1.54) is 16.8 Å². The van der Waals surface area contributed by atoms with E-state index >= 15 is 0 Å². The summed E-state index contributed by atoms with van der Waals surface area (Å²) >= 11 is 3.65. The predicted octanol–water partition coefficient (Wildman–Crippen LogP) is 4.41. The normalized spacial score (nSPS) is 12.2. The van der Waals surface area contributed by atoms with Crippen molar-refractivity contribution in [1.29, 1.82) is 0 Å². The molecule has 20 heavy (non-hydrogen) atoms. The molecule has 2 rings (SSSR count). The van der Waals surface area contributed by atoms with Crippen LogP contribution in [0.25, 0.3) is 0 Å². The largest absolute Gasteiger partial charge is 0.369 e. The van der Waals surface area contributed by atoms with Crippen LogP contribution in [-0.2, 0) is 6.54 Å². The molecule has 2 nitrogen and oxygen atoms in total. The minimum atomic E-state index is 0.0574. The second kappa shape index (κ2) is 6.42. The third kappa shape index (κ3) is 3.41. The summed E-state index contributed by atoms with van der Waals surface area (Å²) in [7, 11) is 2.11. The van der Waals surface area contributed by atoms with Crippen molar-refractivity contribution in [1.82, 2.24) is 0 Å². The zero-order valence-electron chi connectivity index (χ0n) is 12.2. The molecule has 1 unspecified atom stereocenters. The van der Waals surface area contributed by atoms with Gasteiger partial charge in [-0.2, -0.15) is 0 Å². The molecule has 0 aromatic heterocycles. The molecule has 0 spiro atoms. The lowest BCUT2D eigenvalue weighted by Gasteiger charge is -2.22. The van der Waals surface area contributed by atoms with E-state index in [0.717, 1.165) is 16.6 Å². The summed E-state index contributed by atoms with van der Waals surface area (Å²) in [6.07, 6.45) is 0. The average Bonchev–Trinajstić information content (AvgIpc) is 2.41. The van der Waals surface area contributed by atoms with Gasteiger partial charge in [-0.1, -0.05) is 30.3 Å². The zero-order chi connectivity index (χ0) is 14.7. The van der Waals surface area contributed by atoms with Gasteiger partial charge in [0.25, 0.3) is 0 Å². The Morgan fingerprint density at radius 1 is 1.20 bits per heavy atom. The molecule has 0 fully saturated rings. The van der Waals surface area contributed by atoms with Gasteiger partial charge in [-0.25, -0.2) is 0 Å². The number of nitrogens with zero attached hydrogens (tertiary/aromatic N) is 1. The number of rotatable bonds is 4. The summed E-state index contributed by atoms with van der Waals surface area (Å²) in [5, 5.41) is 0. The molecular weight excluding hydrogens is 312 g/mol. The molecule has 1 atom stereocenters. The molecule has 2 N–H and O–H groups in total. The van der Waals surface area contributed by atoms with Gasteiger partial charge in [0.1, 0.15) is 0 Å². The van der Waals surface area contributed by atoms with Gasteiger partial charge in [0.2, 0.25) is 0 Å². The first-order chi connectivity index (χ1) is 9.49. The third-order valence-corrected chi connectivity index (χ3v) is 4.21. The lowest BCUT2D eigenvalue weighted by Crippen LogP contribution is -2.18. The molecule has 0 aliphatic heterocycles. The van der Waals surface area contributed by atoms with Gasteiger partial charge in [0.15, 0.2) is 0 Å². The van der Waals surface area contributed by atoms with Crippen molar-refractivity contribution in [3.63, 3.8) is 0 Å². The summed E-state index contributed by atoms with van der Waals surface area (Å²) in [4.78, 5) is 2.25. The second-order valence-corrected chi connectivity index (χ2v) is 6.14. The maximum Gasteiger partial charge on any atom is 0.0511 e. The Labute approximate surface area is 129 Å². The van der Waals surface area contributed by atoms with Crippen molar-refractivity contribution in [2.45, 2.75) is 26.4 Å². The van der Waals surface area contributed by atoms with Crippen molar-refractivity contribution >= 4 is 21.6 Å². The highest BCUT2D eigenvalue weighted by atomic mass is 79.9. The quantitative estimate of drug-likeness (QED) is 0.898. The maximum atomic E-state index is 5.92. The van der Waals surface area contributed by atoms with Crippen LogP contribution >= 0.6 is 15.9 Å². The van der Waals surface area contributed by atoms with Crippen LogP contribution < -0.4 is 10.6 Å². The van der Waals surface area contributed by atoms with Crippen LogP contribution in [0.2, 0.25) is 0 Å². The first kappa shape index (κ1) is 15.1. The van der Waals surface area contributed by atoms with Crippen molar-refractivity contribution < 1.29 is 0 Å². The molecule has 0 radical (unpaired) electrons. The van der Waals surface area contributed by atoms with Crippen LogP contribution in [0.5, 0.6) is 0 Å². The molecule has 0 bridgehead atoms. The van der Waals surface area contributed by atoms with E-state index in [1.807, 2.05) is 6.92 Å². The minimum Gasteiger partial charge on any atom is -0.369 e. The highest BCUT2D eigenvalue weighted by Crippen LogP contribution is 2.29. The Bertz CT molecular complexity index is 593. The molecule has 2 aromatic carbocycles. The summed E-state index contributed by atoms with van der Waals surface area (Å²) in [6.45, 7) is 5.04. The van der Waals surface area contributed by atoms with E-state index in [-0.39, 0.29) is 6.04 Å². The van der Waals surface area contributed by atoms with Crippen LogP contribution in [0.1, 0.15) is 29.7 Å². The van der Waals surface area contributed by atoms with Crippen molar-refractivity contribution in [2.24, 2.45) is 5.73 Å². The SMILES string of the molecule is Cc1ccccc1CN(C)c1ccc(C(C)N)cc1Br. The van der Waals surface area contributed by atoms with Crippen LogP contribution in [0.15, 0.2) is 46.9 Å². The van der Waals surface area contributed by atoms with Crippen LogP contribution in [-0.4, -0.2) is 7.05 Å². The van der Waals surface area contributed by atoms with Gasteiger partial charge in [-0.15, -0.1) is 0 Å². The molecule has 0 amide bonds. The molecule has 0 heterocycles. The standard InChI is InChI=1S/C17H21BrN2/c1-12-6-4-5-7-15(12)11-20(3)17-9-8-14(13(2)19)10-16(17)18/h4-10,13H,11,19H2,1-3H3. The molecule has 0 aliphatic rings. The van der Waals surface area contributed by atoms with Crippen LogP contribution in [0, 0.1) is 6.92 Å². The Kier molecular flexibility index (Phi) is 4.84. The predicted molar refractivity (Wildman–Crippen MR) is 90.0 cm³/mol. The number of benzene rings is 2. The first-order valence-electron chi connectivity index (χ1n) is 6.79.